The fraction of sp³-hybridized carbons (Fsp3) is 0.250. The monoisotopic (exact) mass is 244 g/mol. The van der Waals surface area contributed by atoms with E-state index in [0.29, 0.717) is 15.9 Å². The van der Waals surface area contributed by atoms with Crippen molar-refractivity contribution in [1.29, 1.82) is 0 Å². The Morgan fingerprint density at radius 1 is 1.69 bits per heavy atom. The predicted molar refractivity (Wildman–Crippen MR) is 51.9 cm³/mol. The molecule has 0 aliphatic heterocycles. The van der Waals surface area contributed by atoms with E-state index in [1.165, 1.54) is 13.3 Å². The second-order valence-corrected chi connectivity index (χ2v) is 3.14. The van der Waals surface area contributed by atoms with Crippen LogP contribution in [0.4, 0.5) is 0 Å². The molecule has 0 saturated heterocycles. The third kappa shape index (κ3) is 2.18. The number of amides is 1. The maximum absolute atomic E-state index is 11.3. The van der Waals surface area contributed by atoms with Crippen LogP contribution in [0.15, 0.2) is 16.7 Å². The van der Waals surface area contributed by atoms with Gasteiger partial charge >= 0.3 is 0 Å². The highest BCUT2D eigenvalue weighted by atomic mass is 79.9. The fourth-order valence-corrected chi connectivity index (χ4v) is 1.24. The Morgan fingerprint density at radius 3 is 2.92 bits per heavy atom. The van der Waals surface area contributed by atoms with Crippen LogP contribution in [-0.2, 0) is 0 Å². The van der Waals surface area contributed by atoms with E-state index in [1.807, 2.05) is 0 Å². The molecule has 1 amide bonds. The van der Waals surface area contributed by atoms with E-state index in [-0.39, 0.29) is 5.91 Å². The average Bonchev–Trinajstić information content (AvgIpc) is 2.17. The molecule has 0 aromatic carbocycles. The second kappa shape index (κ2) is 4.23. The van der Waals surface area contributed by atoms with Crippen LogP contribution in [0, 0.1) is 0 Å². The number of rotatable bonds is 2. The molecular weight excluding hydrogens is 236 g/mol. The van der Waals surface area contributed by atoms with Gasteiger partial charge < -0.3 is 10.1 Å². The van der Waals surface area contributed by atoms with E-state index in [2.05, 4.69) is 26.2 Å². The standard InChI is InChI=1S/C8H9BrN2O2/c1-10-8(12)5-3-7(13-2)11-4-6(5)9/h3-4H,1-2H3,(H,10,12). The van der Waals surface area contributed by atoms with Crippen molar-refractivity contribution < 1.29 is 9.53 Å². The molecule has 0 aliphatic rings. The zero-order valence-corrected chi connectivity index (χ0v) is 8.88. The van der Waals surface area contributed by atoms with Gasteiger partial charge in [0.2, 0.25) is 5.88 Å². The Balaban J connectivity index is 3.11. The summed E-state index contributed by atoms with van der Waals surface area (Å²) in [6.45, 7) is 0. The first-order chi connectivity index (χ1) is 6.19. The molecule has 1 heterocycles. The summed E-state index contributed by atoms with van der Waals surface area (Å²) in [5, 5.41) is 2.52. The van der Waals surface area contributed by atoms with Gasteiger partial charge in [-0.05, 0) is 15.9 Å². The van der Waals surface area contributed by atoms with Crippen LogP contribution in [0.1, 0.15) is 10.4 Å². The molecule has 0 spiro atoms. The smallest absolute Gasteiger partial charge is 0.252 e. The second-order valence-electron chi connectivity index (χ2n) is 2.29. The largest absolute Gasteiger partial charge is 0.481 e. The number of pyridine rings is 1. The van der Waals surface area contributed by atoms with Gasteiger partial charge in [0.05, 0.1) is 12.7 Å². The summed E-state index contributed by atoms with van der Waals surface area (Å²) >= 11 is 3.22. The van der Waals surface area contributed by atoms with Gasteiger partial charge in [-0.3, -0.25) is 4.79 Å². The first kappa shape index (κ1) is 9.98. The maximum Gasteiger partial charge on any atom is 0.252 e. The number of halogens is 1. The van der Waals surface area contributed by atoms with E-state index in [0.717, 1.165) is 0 Å². The van der Waals surface area contributed by atoms with Gasteiger partial charge in [0.25, 0.3) is 5.91 Å². The summed E-state index contributed by atoms with van der Waals surface area (Å²) in [5.74, 6) is 0.245. The van der Waals surface area contributed by atoms with E-state index >= 15 is 0 Å². The number of nitrogens with one attached hydrogen (secondary N) is 1. The maximum atomic E-state index is 11.3. The van der Waals surface area contributed by atoms with Crippen LogP contribution in [0.2, 0.25) is 0 Å². The molecule has 0 saturated carbocycles. The van der Waals surface area contributed by atoms with Gasteiger partial charge in [-0.1, -0.05) is 0 Å². The Hall–Kier alpha value is -1.10. The Morgan fingerprint density at radius 2 is 2.38 bits per heavy atom. The number of hydrogen-bond donors (Lipinski definition) is 1. The molecule has 0 unspecified atom stereocenters. The highest BCUT2D eigenvalue weighted by molar-refractivity contribution is 9.10. The lowest BCUT2D eigenvalue weighted by atomic mass is 10.2. The summed E-state index contributed by atoms with van der Waals surface area (Å²) in [5.41, 5.74) is 0.509. The topological polar surface area (TPSA) is 51.2 Å². The SMILES string of the molecule is CNC(=O)c1cc(OC)ncc1Br. The van der Waals surface area contributed by atoms with Crippen LogP contribution in [0.5, 0.6) is 5.88 Å². The number of aromatic nitrogens is 1. The molecule has 1 aromatic rings. The van der Waals surface area contributed by atoms with Crippen LogP contribution < -0.4 is 10.1 Å². The minimum Gasteiger partial charge on any atom is -0.481 e. The minimum atomic E-state index is -0.174. The van der Waals surface area contributed by atoms with Crippen LogP contribution in [0.25, 0.3) is 0 Å². The molecule has 1 N–H and O–H groups in total. The summed E-state index contributed by atoms with van der Waals surface area (Å²) < 4.78 is 5.54. The molecule has 0 atom stereocenters. The van der Waals surface area contributed by atoms with Crippen molar-refractivity contribution in [1.82, 2.24) is 10.3 Å². The Bertz CT molecular complexity index is 328. The first-order valence-electron chi connectivity index (χ1n) is 3.60. The normalized spacial score (nSPS) is 9.46. The third-order valence-corrected chi connectivity index (χ3v) is 2.14. The molecule has 5 heteroatoms. The van der Waals surface area contributed by atoms with Crippen LogP contribution in [-0.4, -0.2) is 25.0 Å². The molecule has 4 nitrogen and oxygen atoms in total. The van der Waals surface area contributed by atoms with E-state index < -0.39 is 0 Å². The van der Waals surface area contributed by atoms with E-state index in [4.69, 9.17) is 4.74 Å². The summed E-state index contributed by atoms with van der Waals surface area (Å²) in [7, 11) is 3.07. The minimum absolute atomic E-state index is 0.174. The molecule has 13 heavy (non-hydrogen) atoms. The zero-order valence-electron chi connectivity index (χ0n) is 7.30. The highest BCUT2D eigenvalue weighted by Crippen LogP contribution is 2.19. The van der Waals surface area contributed by atoms with Crippen molar-refractivity contribution in [3.63, 3.8) is 0 Å². The number of hydrogen-bond acceptors (Lipinski definition) is 3. The predicted octanol–water partition coefficient (Wildman–Crippen LogP) is 1.21. The van der Waals surface area contributed by atoms with Crippen molar-refractivity contribution in [2.24, 2.45) is 0 Å². The summed E-state index contributed by atoms with van der Waals surface area (Å²) in [6, 6.07) is 1.57. The molecule has 0 aliphatic carbocycles. The number of nitrogens with zero attached hydrogens (tertiary/aromatic N) is 1. The molecule has 1 aromatic heterocycles. The van der Waals surface area contributed by atoms with Gasteiger partial charge in [-0.15, -0.1) is 0 Å². The van der Waals surface area contributed by atoms with Gasteiger partial charge in [-0.2, -0.15) is 0 Å². The van der Waals surface area contributed by atoms with Gasteiger partial charge in [0.15, 0.2) is 0 Å². The molecule has 0 bridgehead atoms. The van der Waals surface area contributed by atoms with Crippen LogP contribution >= 0.6 is 15.9 Å². The van der Waals surface area contributed by atoms with Gasteiger partial charge in [0, 0.05) is 23.8 Å². The number of methoxy groups -OCH3 is 1. The zero-order chi connectivity index (χ0) is 9.84. The van der Waals surface area contributed by atoms with Gasteiger partial charge in [-0.25, -0.2) is 4.98 Å². The number of carbonyl (C=O) groups excluding carboxylic acids is 1. The highest BCUT2D eigenvalue weighted by Gasteiger charge is 2.09. The number of ether oxygens (including phenoxy) is 1. The average molecular weight is 245 g/mol. The van der Waals surface area contributed by atoms with Gasteiger partial charge in [0.1, 0.15) is 0 Å². The fourth-order valence-electron chi connectivity index (χ4n) is 0.840. The lowest BCUT2D eigenvalue weighted by Crippen LogP contribution is -2.18. The quantitative estimate of drug-likeness (QED) is 0.852. The van der Waals surface area contributed by atoms with Crippen molar-refractivity contribution in [2.45, 2.75) is 0 Å². The lowest BCUT2D eigenvalue weighted by Gasteiger charge is -2.04. The third-order valence-electron chi connectivity index (χ3n) is 1.51. The summed E-state index contributed by atoms with van der Waals surface area (Å²) in [4.78, 5) is 15.2. The molecule has 70 valence electrons. The molecular formula is C8H9BrN2O2. The molecule has 0 radical (unpaired) electrons. The van der Waals surface area contributed by atoms with Crippen molar-refractivity contribution in [2.75, 3.05) is 14.2 Å². The van der Waals surface area contributed by atoms with E-state index in [9.17, 15) is 4.79 Å². The van der Waals surface area contributed by atoms with Crippen molar-refractivity contribution >= 4 is 21.8 Å². The Kier molecular flexibility index (Phi) is 3.25. The Labute approximate surface area is 84.4 Å². The molecule has 1 rings (SSSR count). The molecule has 0 fully saturated rings. The van der Waals surface area contributed by atoms with Crippen LogP contribution in [0.3, 0.4) is 0 Å². The first-order valence-corrected chi connectivity index (χ1v) is 4.40. The summed E-state index contributed by atoms with van der Waals surface area (Å²) in [6.07, 6.45) is 1.53. The van der Waals surface area contributed by atoms with Crippen molar-refractivity contribution in [3.05, 3.63) is 22.3 Å². The van der Waals surface area contributed by atoms with E-state index in [1.54, 1.807) is 13.1 Å². The lowest BCUT2D eigenvalue weighted by molar-refractivity contribution is 0.0962. The van der Waals surface area contributed by atoms with Crippen molar-refractivity contribution in [3.8, 4) is 5.88 Å². The number of carbonyl (C=O) groups is 1.